The van der Waals surface area contributed by atoms with Crippen LogP contribution >= 0.6 is 11.6 Å². The summed E-state index contributed by atoms with van der Waals surface area (Å²) in [5, 5.41) is 0.534. The van der Waals surface area contributed by atoms with Crippen LogP contribution in [0.1, 0.15) is 5.56 Å². The molecule has 0 aliphatic rings. The van der Waals surface area contributed by atoms with Gasteiger partial charge in [0.05, 0.1) is 0 Å². The van der Waals surface area contributed by atoms with E-state index >= 15 is 0 Å². The zero-order chi connectivity index (χ0) is 10.4. The number of nitrogens with zero attached hydrogens (tertiary/aromatic N) is 1. The number of carbonyl (C=O) groups excluding carboxylic acids is 2. The summed E-state index contributed by atoms with van der Waals surface area (Å²) in [6.07, 6.45) is 3.81. The van der Waals surface area contributed by atoms with Crippen LogP contribution < -0.4 is 0 Å². The molecule has 0 atom stereocenters. The average molecular weight is 208 g/mol. The molecule has 0 aliphatic carbocycles. The van der Waals surface area contributed by atoms with E-state index in [1.165, 1.54) is 6.08 Å². The van der Waals surface area contributed by atoms with E-state index in [4.69, 9.17) is 11.6 Å². The number of carbonyl (C=O) groups is 1. The van der Waals surface area contributed by atoms with Gasteiger partial charge in [-0.2, -0.15) is 0 Å². The summed E-state index contributed by atoms with van der Waals surface area (Å²) >= 11 is 5.81. The topological polar surface area (TPSA) is 46.5 Å². The van der Waals surface area contributed by atoms with Gasteiger partial charge in [-0.15, -0.1) is 4.99 Å². The van der Waals surface area contributed by atoms with Crippen LogP contribution in [-0.4, -0.2) is 12.0 Å². The molecule has 70 valence electrons. The average Bonchev–Trinajstić information content (AvgIpc) is 2.17. The molecular weight excluding hydrogens is 202 g/mol. The highest BCUT2D eigenvalue weighted by atomic mass is 35.5. The summed E-state index contributed by atoms with van der Waals surface area (Å²) in [5.74, 6) is -0.653. The van der Waals surface area contributed by atoms with Crippen LogP contribution in [0.5, 0.6) is 0 Å². The Kier molecular flexibility index (Phi) is 3.80. The van der Waals surface area contributed by atoms with Crippen LogP contribution in [0.3, 0.4) is 0 Å². The summed E-state index contributed by atoms with van der Waals surface area (Å²) in [6.45, 7) is 0. The van der Waals surface area contributed by atoms with Gasteiger partial charge in [0.15, 0.2) is 0 Å². The minimum atomic E-state index is -0.653. The van der Waals surface area contributed by atoms with Crippen molar-refractivity contribution in [1.29, 1.82) is 0 Å². The minimum absolute atomic E-state index is 0.534. The largest absolute Gasteiger partial charge is 0.280 e. The Morgan fingerprint density at radius 3 is 2.79 bits per heavy atom. The maximum Gasteiger partial charge on any atom is 0.280 e. The monoisotopic (exact) mass is 207 g/mol. The van der Waals surface area contributed by atoms with Crippen molar-refractivity contribution in [3.63, 3.8) is 0 Å². The van der Waals surface area contributed by atoms with Crippen molar-refractivity contribution < 1.29 is 9.59 Å². The van der Waals surface area contributed by atoms with Gasteiger partial charge in [-0.1, -0.05) is 29.8 Å². The van der Waals surface area contributed by atoms with Gasteiger partial charge < -0.3 is 0 Å². The van der Waals surface area contributed by atoms with Crippen molar-refractivity contribution in [2.75, 3.05) is 0 Å². The number of amides is 1. The van der Waals surface area contributed by atoms with E-state index in [9.17, 15) is 9.59 Å². The van der Waals surface area contributed by atoms with E-state index in [1.54, 1.807) is 24.3 Å². The number of halogens is 1. The Balaban J connectivity index is 2.83. The lowest BCUT2D eigenvalue weighted by Gasteiger charge is -1.94. The molecule has 3 nitrogen and oxygen atoms in total. The molecule has 0 fully saturated rings. The first-order valence-electron chi connectivity index (χ1n) is 3.78. The van der Waals surface area contributed by atoms with Crippen LogP contribution in [0, 0.1) is 0 Å². The summed E-state index contributed by atoms with van der Waals surface area (Å²) in [7, 11) is 0. The van der Waals surface area contributed by atoms with Crippen molar-refractivity contribution in [1.82, 2.24) is 0 Å². The highest BCUT2D eigenvalue weighted by molar-refractivity contribution is 6.32. The zero-order valence-corrected chi connectivity index (χ0v) is 7.86. The van der Waals surface area contributed by atoms with Crippen molar-refractivity contribution in [3.05, 3.63) is 40.9 Å². The second-order valence-corrected chi connectivity index (χ2v) is 2.80. The van der Waals surface area contributed by atoms with Crippen LogP contribution in [0.4, 0.5) is 0 Å². The first kappa shape index (κ1) is 10.4. The van der Waals surface area contributed by atoms with Gasteiger partial charge >= 0.3 is 0 Å². The lowest BCUT2D eigenvalue weighted by molar-refractivity contribution is -0.113. The highest BCUT2D eigenvalue weighted by Crippen LogP contribution is 2.15. The molecule has 1 amide bonds. The molecule has 0 radical (unpaired) electrons. The summed E-state index contributed by atoms with van der Waals surface area (Å²) < 4.78 is 0. The number of hydrogen-bond acceptors (Lipinski definition) is 2. The third-order valence-corrected chi connectivity index (χ3v) is 1.81. The number of rotatable bonds is 2. The Hall–Kier alpha value is -1.70. The van der Waals surface area contributed by atoms with Crippen molar-refractivity contribution in [2.45, 2.75) is 0 Å². The molecule has 0 saturated carbocycles. The van der Waals surface area contributed by atoms with E-state index in [0.29, 0.717) is 10.6 Å². The molecule has 4 heteroatoms. The quantitative estimate of drug-likeness (QED) is 0.424. The summed E-state index contributed by atoms with van der Waals surface area (Å²) in [5.41, 5.74) is 0.698. The first-order chi connectivity index (χ1) is 6.74. The molecule has 0 unspecified atom stereocenters. The molecule has 0 saturated heterocycles. The van der Waals surface area contributed by atoms with E-state index in [1.807, 2.05) is 0 Å². The number of hydrogen-bond donors (Lipinski definition) is 0. The van der Waals surface area contributed by atoms with Crippen LogP contribution in [0.2, 0.25) is 5.02 Å². The van der Waals surface area contributed by atoms with E-state index in [2.05, 4.69) is 4.99 Å². The summed E-state index contributed by atoms with van der Waals surface area (Å²) in [4.78, 5) is 23.4. The highest BCUT2D eigenvalue weighted by Gasteiger charge is 1.95. The van der Waals surface area contributed by atoms with E-state index in [0.717, 1.165) is 12.2 Å². The maximum atomic E-state index is 10.8. The third-order valence-electron chi connectivity index (χ3n) is 1.47. The van der Waals surface area contributed by atoms with Gasteiger partial charge in [0.25, 0.3) is 5.91 Å². The molecule has 1 rings (SSSR count). The molecule has 0 N–H and O–H groups in total. The normalized spacial score (nSPS) is 9.79. The summed E-state index contributed by atoms with van der Waals surface area (Å²) in [6, 6.07) is 7.02. The Bertz CT molecular complexity index is 420. The molecular formula is C10H6ClNO2. The fraction of sp³-hybridized carbons (Fsp3) is 0. The maximum absolute atomic E-state index is 10.8. The van der Waals surface area contributed by atoms with Crippen LogP contribution in [0.25, 0.3) is 6.08 Å². The standard InChI is InChI=1S/C10H6ClNO2/c11-9-4-2-1-3-8(9)5-6-10(14)12-7-13/h1-6H/b6-5+. The van der Waals surface area contributed by atoms with E-state index < -0.39 is 5.91 Å². The van der Waals surface area contributed by atoms with Gasteiger partial charge in [0.1, 0.15) is 0 Å². The number of isocyanates is 1. The Labute approximate surface area is 85.7 Å². The predicted molar refractivity (Wildman–Crippen MR) is 53.6 cm³/mol. The van der Waals surface area contributed by atoms with E-state index in [-0.39, 0.29) is 0 Å². The molecule has 14 heavy (non-hydrogen) atoms. The van der Waals surface area contributed by atoms with Gasteiger partial charge in [-0.25, -0.2) is 4.79 Å². The molecule has 0 heterocycles. The minimum Gasteiger partial charge on any atom is -0.267 e. The SMILES string of the molecule is O=C=NC(=O)/C=C/c1ccccc1Cl. The molecule has 0 aliphatic heterocycles. The smallest absolute Gasteiger partial charge is 0.267 e. The van der Waals surface area contributed by atoms with Gasteiger partial charge in [0.2, 0.25) is 6.08 Å². The fourth-order valence-electron chi connectivity index (χ4n) is 0.854. The van der Waals surface area contributed by atoms with Gasteiger partial charge in [-0.3, -0.25) is 4.79 Å². The van der Waals surface area contributed by atoms with Crippen LogP contribution in [-0.2, 0) is 9.59 Å². The second-order valence-electron chi connectivity index (χ2n) is 2.40. The lowest BCUT2D eigenvalue weighted by Crippen LogP contribution is -1.84. The van der Waals surface area contributed by atoms with Crippen molar-refractivity contribution in [3.8, 4) is 0 Å². The molecule has 0 spiro atoms. The Morgan fingerprint density at radius 2 is 2.14 bits per heavy atom. The fourth-order valence-corrected chi connectivity index (χ4v) is 1.05. The van der Waals surface area contributed by atoms with Crippen molar-refractivity contribution >= 4 is 29.7 Å². The molecule has 0 bridgehead atoms. The first-order valence-corrected chi connectivity index (χ1v) is 4.16. The van der Waals surface area contributed by atoms with Gasteiger partial charge in [-0.05, 0) is 17.7 Å². The molecule has 1 aromatic carbocycles. The lowest BCUT2D eigenvalue weighted by atomic mass is 10.2. The molecule has 1 aromatic rings. The zero-order valence-electron chi connectivity index (χ0n) is 7.11. The number of aliphatic imine (C=N–C) groups is 1. The van der Waals surface area contributed by atoms with Crippen LogP contribution in [0.15, 0.2) is 35.3 Å². The number of benzene rings is 1. The Morgan fingerprint density at radius 1 is 1.43 bits per heavy atom. The van der Waals surface area contributed by atoms with Gasteiger partial charge in [0, 0.05) is 11.1 Å². The third kappa shape index (κ3) is 2.98. The molecule has 0 aromatic heterocycles. The second kappa shape index (κ2) is 5.12. The predicted octanol–water partition coefficient (Wildman–Crippen LogP) is 2.22. The van der Waals surface area contributed by atoms with Crippen molar-refractivity contribution in [2.24, 2.45) is 4.99 Å².